The molecule has 0 aromatic carbocycles. The highest BCUT2D eigenvalue weighted by Crippen LogP contribution is 2.09. The maximum atomic E-state index is 11.6. The van der Waals surface area contributed by atoms with Gasteiger partial charge in [-0.1, -0.05) is 13.8 Å². The number of ether oxygens (including phenoxy) is 1. The van der Waals surface area contributed by atoms with Gasteiger partial charge in [-0.25, -0.2) is 0 Å². The maximum Gasteiger partial charge on any atom is 0.234 e. The molecule has 0 saturated carbocycles. The van der Waals surface area contributed by atoms with Gasteiger partial charge in [0, 0.05) is 19.6 Å². The second-order valence-electron chi connectivity index (χ2n) is 5.15. The van der Waals surface area contributed by atoms with Crippen molar-refractivity contribution in [3.8, 4) is 0 Å². The van der Waals surface area contributed by atoms with Gasteiger partial charge in [0.15, 0.2) is 0 Å². The zero-order chi connectivity index (χ0) is 12.1. The second kappa shape index (κ2) is 6.21. The number of carbonyl (C=O) groups excluding carboxylic acids is 1. The molecule has 4 nitrogen and oxygen atoms in total. The lowest BCUT2D eigenvalue weighted by Crippen LogP contribution is -2.49. The monoisotopic (exact) mass is 228 g/mol. The Labute approximate surface area is 98.3 Å². The number of hydrogen-bond donors (Lipinski definition) is 1. The molecule has 2 unspecified atom stereocenters. The first-order chi connectivity index (χ1) is 7.47. The van der Waals surface area contributed by atoms with Crippen LogP contribution in [-0.4, -0.2) is 49.2 Å². The highest BCUT2D eigenvalue weighted by molar-refractivity contribution is 5.78. The lowest BCUT2D eigenvalue weighted by Gasteiger charge is -2.34. The zero-order valence-electron chi connectivity index (χ0n) is 10.8. The van der Waals surface area contributed by atoms with Crippen LogP contribution in [0.1, 0.15) is 27.7 Å². The fourth-order valence-electron chi connectivity index (χ4n) is 1.99. The molecule has 1 fully saturated rings. The van der Waals surface area contributed by atoms with Crippen molar-refractivity contribution < 1.29 is 9.53 Å². The molecule has 1 saturated heterocycles. The Balaban J connectivity index is 2.27. The summed E-state index contributed by atoms with van der Waals surface area (Å²) in [6.45, 7) is 11.2. The number of carbonyl (C=O) groups is 1. The highest BCUT2D eigenvalue weighted by Gasteiger charge is 2.23. The molecule has 94 valence electrons. The van der Waals surface area contributed by atoms with Gasteiger partial charge in [0.2, 0.25) is 5.91 Å². The van der Waals surface area contributed by atoms with E-state index in [1.54, 1.807) is 0 Å². The molecule has 1 amide bonds. The van der Waals surface area contributed by atoms with Gasteiger partial charge in [0.25, 0.3) is 0 Å². The fraction of sp³-hybridized carbons (Fsp3) is 0.917. The average molecular weight is 228 g/mol. The van der Waals surface area contributed by atoms with Crippen LogP contribution in [0.15, 0.2) is 0 Å². The van der Waals surface area contributed by atoms with Crippen molar-refractivity contribution in [1.82, 2.24) is 10.2 Å². The topological polar surface area (TPSA) is 41.6 Å². The number of morpholine rings is 1. The quantitative estimate of drug-likeness (QED) is 0.776. The number of nitrogens with one attached hydrogen (secondary N) is 1. The third-order valence-electron chi connectivity index (χ3n) is 2.57. The molecule has 0 radical (unpaired) electrons. The summed E-state index contributed by atoms with van der Waals surface area (Å²) in [5.41, 5.74) is 0. The first-order valence-corrected chi connectivity index (χ1v) is 6.12. The third kappa shape index (κ3) is 4.94. The molecule has 1 heterocycles. The normalized spacial score (nSPS) is 27.1. The van der Waals surface area contributed by atoms with Crippen molar-refractivity contribution in [2.24, 2.45) is 5.92 Å². The summed E-state index contributed by atoms with van der Waals surface area (Å²) in [5.74, 6) is 0.626. The van der Waals surface area contributed by atoms with Gasteiger partial charge in [-0.3, -0.25) is 9.69 Å². The molecule has 1 N–H and O–H groups in total. The smallest absolute Gasteiger partial charge is 0.234 e. The van der Waals surface area contributed by atoms with E-state index in [-0.39, 0.29) is 18.1 Å². The van der Waals surface area contributed by atoms with Crippen molar-refractivity contribution in [2.75, 3.05) is 26.2 Å². The molecular formula is C12H24N2O2. The SMILES string of the molecule is CC(C)CNC(=O)CN1CC(C)OC(C)C1. The van der Waals surface area contributed by atoms with E-state index < -0.39 is 0 Å². The molecule has 0 aromatic heterocycles. The van der Waals surface area contributed by atoms with Gasteiger partial charge in [-0.15, -0.1) is 0 Å². The minimum atomic E-state index is 0.120. The molecule has 0 aromatic rings. The Hall–Kier alpha value is -0.610. The van der Waals surface area contributed by atoms with E-state index in [4.69, 9.17) is 4.74 Å². The molecule has 0 aliphatic carbocycles. The number of rotatable bonds is 4. The molecule has 1 aliphatic heterocycles. The van der Waals surface area contributed by atoms with Crippen LogP contribution in [0.25, 0.3) is 0 Å². The molecule has 0 bridgehead atoms. The summed E-state index contributed by atoms with van der Waals surface area (Å²) in [6, 6.07) is 0. The van der Waals surface area contributed by atoms with Gasteiger partial charge in [0.05, 0.1) is 18.8 Å². The van der Waals surface area contributed by atoms with Crippen LogP contribution in [0.4, 0.5) is 0 Å². The number of hydrogen-bond acceptors (Lipinski definition) is 3. The van der Waals surface area contributed by atoms with Crippen LogP contribution in [-0.2, 0) is 9.53 Å². The lowest BCUT2D eigenvalue weighted by molar-refractivity contribution is -0.126. The Morgan fingerprint density at radius 3 is 2.44 bits per heavy atom. The van der Waals surface area contributed by atoms with Gasteiger partial charge >= 0.3 is 0 Å². The number of amides is 1. The molecule has 4 heteroatoms. The minimum absolute atomic E-state index is 0.120. The summed E-state index contributed by atoms with van der Waals surface area (Å²) >= 11 is 0. The minimum Gasteiger partial charge on any atom is -0.373 e. The van der Waals surface area contributed by atoms with E-state index in [0.29, 0.717) is 12.5 Å². The van der Waals surface area contributed by atoms with Crippen molar-refractivity contribution in [3.63, 3.8) is 0 Å². The van der Waals surface area contributed by atoms with Crippen LogP contribution in [0, 0.1) is 5.92 Å². The van der Waals surface area contributed by atoms with Crippen LogP contribution >= 0.6 is 0 Å². The zero-order valence-corrected chi connectivity index (χ0v) is 10.8. The van der Waals surface area contributed by atoms with Gasteiger partial charge in [0.1, 0.15) is 0 Å². The van der Waals surface area contributed by atoms with E-state index in [2.05, 4.69) is 37.9 Å². The average Bonchev–Trinajstić information content (AvgIpc) is 2.12. The Kier molecular flexibility index (Phi) is 5.22. The molecule has 1 rings (SSSR count). The van der Waals surface area contributed by atoms with E-state index in [1.165, 1.54) is 0 Å². The van der Waals surface area contributed by atoms with Gasteiger partial charge in [-0.2, -0.15) is 0 Å². The predicted octanol–water partition coefficient (Wildman–Crippen LogP) is 0.868. The van der Waals surface area contributed by atoms with E-state index in [1.807, 2.05) is 0 Å². The van der Waals surface area contributed by atoms with Crippen LogP contribution in [0.2, 0.25) is 0 Å². The summed E-state index contributed by atoms with van der Waals surface area (Å²) in [7, 11) is 0. The van der Waals surface area contributed by atoms with Crippen LogP contribution < -0.4 is 5.32 Å². The van der Waals surface area contributed by atoms with Crippen molar-refractivity contribution in [1.29, 1.82) is 0 Å². The largest absolute Gasteiger partial charge is 0.373 e. The van der Waals surface area contributed by atoms with Crippen LogP contribution in [0.3, 0.4) is 0 Å². The summed E-state index contributed by atoms with van der Waals surface area (Å²) in [5, 5.41) is 2.94. The maximum absolute atomic E-state index is 11.6. The third-order valence-corrected chi connectivity index (χ3v) is 2.57. The molecule has 0 spiro atoms. The summed E-state index contributed by atoms with van der Waals surface area (Å²) < 4.78 is 5.62. The molecule has 2 atom stereocenters. The predicted molar refractivity (Wildman–Crippen MR) is 64.3 cm³/mol. The molecule has 16 heavy (non-hydrogen) atoms. The second-order valence-corrected chi connectivity index (χ2v) is 5.15. The molecule has 1 aliphatic rings. The highest BCUT2D eigenvalue weighted by atomic mass is 16.5. The first kappa shape index (κ1) is 13.5. The van der Waals surface area contributed by atoms with Crippen molar-refractivity contribution in [3.05, 3.63) is 0 Å². The standard InChI is InChI=1S/C12H24N2O2/c1-9(2)5-13-12(15)8-14-6-10(3)16-11(4)7-14/h9-11H,5-8H2,1-4H3,(H,13,15). The Morgan fingerprint density at radius 2 is 1.94 bits per heavy atom. The van der Waals surface area contributed by atoms with Crippen molar-refractivity contribution >= 4 is 5.91 Å². The lowest BCUT2D eigenvalue weighted by atomic mass is 10.2. The summed E-state index contributed by atoms with van der Waals surface area (Å²) in [6.07, 6.45) is 0.447. The molecular weight excluding hydrogens is 204 g/mol. The van der Waals surface area contributed by atoms with Gasteiger partial charge < -0.3 is 10.1 Å². The van der Waals surface area contributed by atoms with E-state index in [9.17, 15) is 4.79 Å². The van der Waals surface area contributed by atoms with Crippen LogP contribution in [0.5, 0.6) is 0 Å². The fourth-order valence-corrected chi connectivity index (χ4v) is 1.99. The Morgan fingerprint density at radius 1 is 1.38 bits per heavy atom. The van der Waals surface area contributed by atoms with E-state index >= 15 is 0 Å². The first-order valence-electron chi connectivity index (χ1n) is 6.12. The summed E-state index contributed by atoms with van der Waals surface area (Å²) in [4.78, 5) is 13.8. The Bertz CT molecular complexity index is 221. The van der Waals surface area contributed by atoms with Crippen molar-refractivity contribution in [2.45, 2.75) is 39.9 Å². The van der Waals surface area contributed by atoms with E-state index in [0.717, 1.165) is 19.6 Å². The van der Waals surface area contributed by atoms with Gasteiger partial charge in [-0.05, 0) is 19.8 Å². The number of nitrogens with zero attached hydrogens (tertiary/aromatic N) is 1.